The standard InChI is InChI=1S/C38H44I4N2O13/c1-51-25-15-20(38(49)50)30(34-31(25)54-27(57-34)5-3-11-43-35(45)17-7-9-21(39)23(41)13-17)53-26-16-19(37(47)48)29(52-2)33-32(26)55-28(56-33)6-4-12-44-36(46)18-8-10-22(40)24(42)14-18/h7-10,13-14,19-20,25-34H,3-6,11-12,15-16H2,1-2H3,(H,43,45)(H,44,46)(H,47,48)(H,49,50)/t19-,20+,25?,26?,27?,28?,29?,30?,31+,32+,33-,34-/m0/s1. The Morgan fingerprint density at radius 1 is 0.632 bits per heavy atom. The molecule has 6 unspecified atom stereocenters. The Bertz CT molecular complexity index is 1790. The maximum Gasteiger partial charge on any atom is 0.309 e. The van der Waals surface area contributed by atoms with Gasteiger partial charge >= 0.3 is 11.9 Å². The molecule has 2 heterocycles. The zero-order valence-corrected chi connectivity index (χ0v) is 39.6. The van der Waals surface area contributed by atoms with Gasteiger partial charge in [-0.2, -0.15) is 0 Å². The number of benzene rings is 2. The van der Waals surface area contributed by atoms with Crippen molar-refractivity contribution < 1.29 is 62.5 Å². The number of nitrogens with one attached hydrogen (secondary N) is 2. The number of carbonyl (C=O) groups is 4. The van der Waals surface area contributed by atoms with Crippen LogP contribution in [0.1, 0.15) is 59.2 Å². The van der Waals surface area contributed by atoms with E-state index in [9.17, 15) is 29.4 Å². The van der Waals surface area contributed by atoms with Crippen LogP contribution in [0.4, 0.5) is 0 Å². The molecule has 15 nitrogen and oxygen atoms in total. The van der Waals surface area contributed by atoms with Gasteiger partial charge in [0.1, 0.15) is 30.5 Å². The van der Waals surface area contributed by atoms with E-state index in [1.165, 1.54) is 14.2 Å². The minimum Gasteiger partial charge on any atom is -0.481 e. The minimum atomic E-state index is -1.11. The maximum absolute atomic E-state index is 12.8. The zero-order chi connectivity index (χ0) is 41.0. The number of carboxylic acid groups (broad SMARTS) is 2. The van der Waals surface area contributed by atoms with E-state index < -0.39 is 85.2 Å². The lowest BCUT2D eigenvalue weighted by atomic mass is 9.78. The topological polar surface area (TPSA) is 197 Å². The number of ether oxygens (including phenoxy) is 7. The molecule has 2 saturated carbocycles. The number of hydrogen-bond acceptors (Lipinski definition) is 11. The van der Waals surface area contributed by atoms with Crippen molar-refractivity contribution in [1.29, 1.82) is 0 Å². The van der Waals surface area contributed by atoms with Crippen LogP contribution in [-0.2, 0) is 42.7 Å². The Balaban J connectivity index is 1.10. The summed E-state index contributed by atoms with van der Waals surface area (Å²) in [6.45, 7) is 0.721. The Morgan fingerprint density at radius 3 is 1.53 bits per heavy atom. The lowest BCUT2D eigenvalue weighted by Crippen LogP contribution is -2.60. The molecule has 4 aliphatic rings. The number of methoxy groups -OCH3 is 2. The van der Waals surface area contributed by atoms with Crippen molar-refractivity contribution >= 4 is 114 Å². The molecule has 2 aliphatic carbocycles. The molecule has 57 heavy (non-hydrogen) atoms. The SMILES string of the molecule is COC1C[C@@H](C(=O)O)C(OC2C[C@H](C(=O)O)C(OC)[C@@H]3OC(CCCNC(=O)c4ccc(I)c(I)c4)O[C@H]23)[C@@H]2OC(CCCNC(=O)c3ccc(I)c(I)c3)O[C@H]12. The number of rotatable bonds is 16. The highest BCUT2D eigenvalue weighted by molar-refractivity contribution is 14.1. The van der Waals surface area contributed by atoms with Gasteiger partial charge in [-0.1, -0.05) is 0 Å². The van der Waals surface area contributed by atoms with Gasteiger partial charge in [0.2, 0.25) is 0 Å². The normalized spacial score (nSPS) is 32.0. The highest BCUT2D eigenvalue weighted by atomic mass is 127. The van der Waals surface area contributed by atoms with E-state index >= 15 is 0 Å². The molecule has 312 valence electrons. The molecular weight excluding hydrogens is 1200 g/mol. The summed E-state index contributed by atoms with van der Waals surface area (Å²) in [5.74, 6) is -4.69. The molecule has 2 aromatic rings. The summed E-state index contributed by atoms with van der Waals surface area (Å²) >= 11 is 8.80. The van der Waals surface area contributed by atoms with Crippen LogP contribution in [0.25, 0.3) is 0 Å². The third-order valence-electron chi connectivity index (χ3n) is 10.7. The van der Waals surface area contributed by atoms with Crippen molar-refractivity contribution in [1.82, 2.24) is 10.6 Å². The molecule has 2 saturated heterocycles. The van der Waals surface area contributed by atoms with E-state index in [1.54, 1.807) is 12.1 Å². The van der Waals surface area contributed by atoms with Crippen molar-refractivity contribution in [2.45, 2.75) is 99.9 Å². The predicted molar refractivity (Wildman–Crippen MR) is 236 cm³/mol. The molecule has 2 aliphatic heterocycles. The van der Waals surface area contributed by atoms with Crippen LogP contribution >= 0.6 is 90.4 Å². The highest BCUT2D eigenvalue weighted by Gasteiger charge is 2.59. The fourth-order valence-corrected chi connectivity index (χ4v) is 9.61. The molecule has 4 N–H and O–H groups in total. The fraction of sp³-hybridized carbons (Fsp3) is 0.579. The van der Waals surface area contributed by atoms with Crippen LogP contribution in [0.2, 0.25) is 0 Å². The predicted octanol–water partition coefficient (Wildman–Crippen LogP) is 5.04. The first-order valence-corrected chi connectivity index (χ1v) is 22.9. The lowest BCUT2D eigenvalue weighted by molar-refractivity contribution is -0.211. The number of halogens is 4. The van der Waals surface area contributed by atoms with Crippen LogP contribution in [0.5, 0.6) is 0 Å². The van der Waals surface area contributed by atoms with Gasteiger partial charge < -0.3 is 54.0 Å². The van der Waals surface area contributed by atoms with Crippen LogP contribution in [0.15, 0.2) is 36.4 Å². The summed E-state index contributed by atoms with van der Waals surface area (Å²) in [4.78, 5) is 50.8. The first-order valence-electron chi connectivity index (χ1n) is 18.5. The van der Waals surface area contributed by atoms with E-state index in [0.717, 1.165) is 14.3 Å². The molecule has 0 radical (unpaired) electrons. The Labute approximate surface area is 384 Å². The van der Waals surface area contributed by atoms with Gasteiger partial charge in [-0.05, 0) is 152 Å². The number of carboxylic acids is 2. The first kappa shape index (κ1) is 45.5. The second-order valence-electron chi connectivity index (χ2n) is 14.3. The fourth-order valence-electron chi connectivity index (χ4n) is 7.91. The number of amides is 2. The summed E-state index contributed by atoms with van der Waals surface area (Å²) in [6, 6.07) is 11.0. The average Bonchev–Trinajstić information content (AvgIpc) is 3.82. The number of fused-ring (bicyclic) bond motifs is 2. The molecule has 4 fully saturated rings. The van der Waals surface area contributed by atoms with Crippen LogP contribution in [0, 0.1) is 26.1 Å². The Morgan fingerprint density at radius 2 is 1.07 bits per heavy atom. The molecule has 19 heteroatoms. The van der Waals surface area contributed by atoms with Crippen LogP contribution in [-0.4, -0.2) is 123 Å². The second kappa shape index (κ2) is 20.7. The minimum absolute atomic E-state index is 0.0203. The van der Waals surface area contributed by atoms with Crippen molar-refractivity contribution in [3.63, 3.8) is 0 Å². The number of carbonyl (C=O) groups excluding carboxylic acids is 2. The third kappa shape index (κ3) is 10.9. The monoisotopic (exact) mass is 1240 g/mol. The summed E-state index contributed by atoms with van der Waals surface area (Å²) in [6.07, 6.45) is -6.03. The molecule has 12 atom stereocenters. The molecule has 2 amide bonds. The number of hydrogen-bond donors (Lipinski definition) is 4. The smallest absolute Gasteiger partial charge is 0.309 e. The lowest BCUT2D eigenvalue weighted by Gasteiger charge is -2.45. The van der Waals surface area contributed by atoms with Crippen LogP contribution in [0.3, 0.4) is 0 Å². The highest BCUT2D eigenvalue weighted by Crippen LogP contribution is 2.44. The maximum atomic E-state index is 12.8. The van der Waals surface area contributed by atoms with Gasteiger partial charge in [-0.3, -0.25) is 19.2 Å². The Hall–Kier alpha value is -1.04. The van der Waals surface area contributed by atoms with Crippen molar-refractivity contribution in [2.75, 3.05) is 27.3 Å². The van der Waals surface area contributed by atoms with E-state index in [-0.39, 0.29) is 24.7 Å². The number of aliphatic carboxylic acids is 2. The van der Waals surface area contributed by atoms with Gasteiger partial charge in [0.25, 0.3) is 11.8 Å². The third-order valence-corrected chi connectivity index (χ3v) is 16.5. The van der Waals surface area contributed by atoms with E-state index in [1.807, 2.05) is 24.3 Å². The molecule has 2 aromatic carbocycles. The zero-order valence-electron chi connectivity index (χ0n) is 30.9. The summed E-state index contributed by atoms with van der Waals surface area (Å²) in [7, 11) is 2.91. The average molecular weight is 1240 g/mol. The molecule has 0 bridgehead atoms. The van der Waals surface area contributed by atoms with E-state index in [0.29, 0.717) is 49.9 Å². The van der Waals surface area contributed by atoms with Gasteiger partial charge in [-0.25, -0.2) is 0 Å². The van der Waals surface area contributed by atoms with Crippen molar-refractivity contribution in [3.8, 4) is 0 Å². The molecular formula is C38H44I4N2O13. The molecule has 6 rings (SSSR count). The van der Waals surface area contributed by atoms with Crippen molar-refractivity contribution in [2.24, 2.45) is 11.8 Å². The summed E-state index contributed by atoms with van der Waals surface area (Å²) in [5, 5.41) is 26.5. The van der Waals surface area contributed by atoms with Crippen molar-refractivity contribution in [3.05, 3.63) is 61.8 Å². The molecule has 0 aromatic heterocycles. The Kier molecular flexibility index (Phi) is 16.5. The van der Waals surface area contributed by atoms with Gasteiger partial charge in [0, 0.05) is 65.6 Å². The van der Waals surface area contributed by atoms with E-state index in [2.05, 4.69) is 101 Å². The first-order chi connectivity index (χ1) is 27.3. The second-order valence-corrected chi connectivity index (χ2v) is 18.9. The quantitative estimate of drug-likeness (QED) is 0.129. The van der Waals surface area contributed by atoms with Gasteiger partial charge in [0.15, 0.2) is 12.6 Å². The summed E-state index contributed by atoms with van der Waals surface area (Å²) < 4.78 is 47.5. The van der Waals surface area contributed by atoms with E-state index in [4.69, 9.17) is 33.2 Å². The molecule has 0 spiro atoms. The van der Waals surface area contributed by atoms with Gasteiger partial charge in [-0.15, -0.1) is 0 Å². The largest absolute Gasteiger partial charge is 0.481 e. The van der Waals surface area contributed by atoms with Gasteiger partial charge in [0.05, 0.1) is 30.1 Å². The summed E-state index contributed by atoms with van der Waals surface area (Å²) in [5.41, 5.74) is 1.12. The van der Waals surface area contributed by atoms with Crippen LogP contribution < -0.4 is 10.6 Å².